The van der Waals surface area contributed by atoms with E-state index in [0.717, 1.165) is 9.50 Å². The monoisotopic (exact) mass is 273 g/mol. The van der Waals surface area contributed by atoms with E-state index in [-0.39, 0.29) is 0 Å². The van der Waals surface area contributed by atoms with Crippen LogP contribution in [-0.2, 0) is 0 Å². The van der Waals surface area contributed by atoms with Gasteiger partial charge in [-0.25, -0.2) is 0 Å². The fourth-order valence-corrected chi connectivity index (χ4v) is 2.93. The molecule has 1 aliphatic rings. The van der Waals surface area contributed by atoms with E-state index < -0.39 is 0 Å². The molecule has 1 aliphatic carbocycles. The molecule has 0 saturated heterocycles. The Morgan fingerprint density at radius 1 is 1.57 bits per heavy atom. The molecule has 0 amide bonds. The number of hydrogen-bond donors (Lipinski definition) is 1. The molecule has 1 saturated carbocycles. The molecule has 14 heavy (non-hydrogen) atoms. The molecule has 0 radical (unpaired) electrons. The van der Waals surface area contributed by atoms with Crippen LogP contribution in [0.5, 0.6) is 0 Å². The quantitative estimate of drug-likeness (QED) is 0.877. The average molecular weight is 275 g/mol. The van der Waals surface area contributed by atoms with E-state index in [0.29, 0.717) is 17.9 Å². The van der Waals surface area contributed by atoms with Crippen LogP contribution in [0.3, 0.4) is 0 Å². The third-order valence-electron chi connectivity index (χ3n) is 2.88. The molecule has 3 unspecified atom stereocenters. The first kappa shape index (κ1) is 10.5. The van der Waals surface area contributed by atoms with Crippen molar-refractivity contribution in [3.05, 3.63) is 33.3 Å². The summed E-state index contributed by atoms with van der Waals surface area (Å²) in [4.78, 5) is 0. The molecule has 0 aromatic heterocycles. The van der Waals surface area contributed by atoms with Crippen LogP contribution in [0.15, 0.2) is 22.7 Å². The minimum Gasteiger partial charge on any atom is -0.328 e. The summed E-state index contributed by atoms with van der Waals surface area (Å²) in [6, 6.07) is 6.29. The normalized spacial score (nSPS) is 27.4. The maximum absolute atomic E-state index is 5.89. The summed E-state index contributed by atoms with van der Waals surface area (Å²) < 4.78 is 1.11. The topological polar surface area (TPSA) is 26.0 Å². The Morgan fingerprint density at radius 3 is 2.79 bits per heavy atom. The standard InChI is InChI=1S/C11H13BrClN/c1-6(14)9-5-10(9)8-3-2-7(13)4-11(8)12/h2-4,6,9-10H,5,14H2,1H3. The maximum atomic E-state index is 5.89. The Morgan fingerprint density at radius 2 is 2.29 bits per heavy atom. The summed E-state index contributed by atoms with van der Waals surface area (Å²) in [7, 11) is 0. The average Bonchev–Trinajstić information content (AvgIpc) is 2.83. The maximum Gasteiger partial charge on any atom is 0.0417 e. The Kier molecular flexibility index (Phi) is 2.87. The van der Waals surface area contributed by atoms with Gasteiger partial charge in [0.1, 0.15) is 0 Å². The second-order valence-electron chi connectivity index (χ2n) is 4.03. The first-order valence-electron chi connectivity index (χ1n) is 4.80. The Bertz CT molecular complexity index is 351. The number of rotatable bonds is 2. The van der Waals surface area contributed by atoms with Crippen LogP contribution in [-0.4, -0.2) is 6.04 Å². The summed E-state index contributed by atoms with van der Waals surface area (Å²) >= 11 is 9.43. The highest BCUT2D eigenvalue weighted by Gasteiger charge is 2.41. The number of benzene rings is 1. The predicted octanol–water partition coefficient (Wildman–Crippen LogP) is 3.55. The van der Waals surface area contributed by atoms with E-state index in [1.165, 1.54) is 12.0 Å². The van der Waals surface area contributed by atoms with Gasteiger partial charge in [0.25, 0.3) is 0 Å². The molecule has 0 bridgehead atoms. The highest BCUT2D eigenvalue weighted by atomic mass is 79.9. The summed E-state index contributed by atoms with van der Waals surface area (Å²) in [5, 5.41) is 0.777. The van der Waals surface area contributed by atoms with Crippen molar-refractivity contribution in [1.29, 1.82) is 0 Å². The van der Waals surface area contributed by atoms with E-state index in [1.807, 2.05) is 12.1 Å². The van der Waals surface area contributed by atoms with Crippen molar-refractivity contribution in [2.24, 2.45) is 11.7 Å². The van der Waals surface area contributed by atoms with Crippen LogP contribution in [0.1, 0.15) is 24.8 Å². The molecule has 1 aromatic rings. The zero-order chi connectivity index (χ0) is 10.3. The van der Waals surface area contributed by atoms with E-state index in [2.05, 4.69) is 28.9 Å². The SMILES string of the molecule is CC(N)C1CC1c1ccc(Cl)cc1Br. The van der Waals surface area contributed by atoms with Crippen LogP contribution >= 0.6 is 27.5 Å². The smallest absolute Gasteiger partial charge is 0.0417 e. The first-order chi connectivity index (χ1) is 6.59. The van der Waals surface area contributed by atoms with E-state index in [1.54, 1.807) is 0 Å². The van der Waals surface area contributed by atoms with Crippen molar-refractivity contribution in [3.63, 3.8) is 0 Å². The highest BCUT2D eigenvalue weighted by Crippen LogP contribution is 2.51. The fraction of sp³-hybridized carbons (Fsp3) is 0.455. The van der Waals surface area contributed by atoms with Gasteiger partial charge < -0.3 is 5.73 Å². The van der Waals surface area contributed by atoms with Gasteiger partial charge in [-0.2, -0.15) is 0 Å². The predicted molar refractivity (Wildman–Crippen MR) is 63.6 cm³/mol. The second kappa shape index (κ2) is 3.84. The molecule has 76 valence electrons. The molecule has 3 heteroatoms. The van der Waals surface area contributed by atoms with Crippen molar-refractivity contribution in [3.8, 4) is 0 Å². The van der Waals surface area contributed by atoms with Crippen molar-refractivity contribution in [2.45, 2.75) is 25.3 Å². The minimum atomic E-state index is 0.294. The van der Waals surface area contributed by atoms with Gasteiger partial charge in [-0.05, 0) is 42.9 Å². The van der Waals surface area contributed by atoms with Crippen LogP contribution < -0.4 is 5.73 Å². The van der Waals surface area contributed by atoms with Crippen molar-refractivity contribution in [1.82, 2.24) is 0 Å². The molecule has 3 atom stereocenters. The number of hydrogen-bond acceptors (Lipinski definition) is 1. The molecule has 0 aliphatic heterocycles. The summed E-state index contributed by atoms with van der Waals surface area (Å²) in [6.45, 7) is 2.08. The van der Waals surface area contributed by atoms with E-state index >= 15 is 0 Å². The molecule has 0 heterocycles. The van der Waals surface area contributed by atoms with Crippen molar-refractivity contribution >= 4 is 27.5 Å². The lowest BCUT2D eigenvalue weighted by Crippen LogP contribution is -2.17. The van der Waals surface area contributed by atoms with E-state index in [9.17, 15) is 0 Å². The summed E-state index contributed by atoms with van der Waals surface area (Å²) in [6.07, 6.45) is 1.21. The molecule has 2 N–H and O–H groups in total. The summed E-state index contributed by atoms with van der Waals surface area (Å²) in [5.41, 5.74) is 7.21. The molecule has 1 aromatic carbocycles. The lowest BCUT2D eigenvalue weighted by molar-refractivity contribution is 0.631. The molecule has 1 fully saturated rings. The van der Waals surface area contributed by atoms with Crippen molar-refractivity contribution < 1.29 is 0 Å². The lowest BCUT2D eigenvalue weighted by Gasteiger charge is -2.06. The lowest BCUT2D eigenvalue weighted by atomic mass is 10.1. The zero-order valence-electron chi connectivity index (χ0n) is 8.00. The Hall–Kier alpha value is -0.0500. The first-order valence-corrected chi connectivity index (χ1v) is 5.97. The Balaban J connectivity index is 2.19. The van der Waals surface area contributed by atoms with Gasteiger partial charge in [-0.1, -0.05) is 33.6 Å². The second-order valence-corrected chi connectivity index (χ2v) is 5.32. The minimum absolute atomic E-state index is 0.294. The van der Waals surface area contributed by atoms with Gasteiger partial charge in [0.05, 0.1) is 0 Å². The van der Waals surface area contributed by atoms with Crippen LogP contribution in [0.4, 0.5) is 0 Å². The van der Waals surface area contributed by atoms with Gasteiger partial charge in [-0.15, -0.1) is 0 Å². The van der Waals surface area contributed by atoms with Crippen LogP contribution in [0, 0.1) is 5.92 Å². The zero-order valence-corrected chi connectivity index (χ0v) is 10.3. The molecule has 0 spiro atoms. The van der Waals surface area contributed by atoms with Crippen molar-refractivity contribution in [2.75, 3.05) is 0 Å². The molecule has 2 rings (SSSR count). The molecular formula is C11H13BrClN. The van der Waals surface area contributed by atoms with Crippen LogP contribution in [0.2, 0.25) is 5.02 Å². The molecule has 1 nitrogen and oxygen atoms in total. The van der Waals surface area contributed by atoms with E-state index in [4.69, 9.17) is 17.3 Å². The third kappa shape index (κ3) is 1.97. The number of nitrogens with two attached hydrogens (primary N) is 1. The third-order valence-corrected chi connectivity index (χ3v) is 3.80. The van der Waals surface area contributed by atoms with Gasteiger partial charge in [0.2, 0.25) is 0 Å². The largest absolute Gasteiger partial charge is 0.328 e. The van der Waals surface area contributed by atoms with Gasteiger partial charge in [0, 0.05) is 15.5 Å². The number of halogens is 2. The highest BCUT2D eigenvalue weighted by molar-refractivity contribution is 9.10. The van der Waals surface area contributed by atoms with Gasteiger partial charge in [0.15, 0.2) is 0 Å². The van der Waals surface area contributed by atoms with Gasteiger partial charge >= 0.3 is 0 Å². The fourth-order valence-electron chi connectivity index (χ4n) is 1.96. The Labute approximate surface area is 97.8 Å². The van der Waals surface area contributed by atoms with Crippen LogP contribution in [0.25, 0.3) is 0 Å². The van der Waals surface area contributed by atoms with Gasteiger partial charge in [-0.3, -0.25) is 0 Å². The summed E-state index contributed by atoms with van der Waals surface area (Å²) in [5.74, 6) is 1.27. The molecular weight excluding hydrogens is 261 g/mol.